The molecule has 24 heavy (non-hydrogen) atoms. The molecule has 0 amide bonds. The molecule has 0 radical (unpaired) electrons. The minimum Gasteiger partial charge on any atom is -0.595 e. The van der Waals surface area contributed by atoms with Crippen LogP contribution in [0.1, 0.15) is 43.0 Å². The topological polar surface area (TPSA) is 108 Å². The Bertz CT molecular complexity index is 749. The fourth-order valence-corrected chi connectivity index (χ4v) is 3.28. The van der Waals surface area contributed by atoms with Crippen molar-refractivity contribution in [3.8, 4) is 0 Å². The van der Waals surface area contributed by atoms with Gasteiger partial charge in [0.25, 0.3) is 0 Å². The van der Waals surface area contributed by atoms with Crippen LogP contribution in [0.25, 0.3) is 0 Å². The van der Waals surface area contributed by atoms with Crippen LogP contribution in [-0.4, -0.2) is 22.7 Å². The maximum Gasteiger partial charge on any atom is 0.343 e. The van der Waals surface area contributed by atoms with Crippen LogP contribution in [0.2, 0.25) is 0 Å². The van der Waals surface area contributed by atoms with Gasteiger partial charge < -0.3 is 9.94 Å². The van der Waals surface area contributed by atoms with Crippen molar-refractivity contribution in [2.24, 2.45) is 5.41 Å². The number of carbonyl (C=O) groups excluding carboxylic acids is 3. The third-order valence-electron chi connectivity index (χ3n) is 4.83. The highest BCUT2D eigenvalue weighted by Crippen LogP contribution is 2.48. The van der Waals surface area contributed by atoms with E-state index in [1.54, 1.807) is 6.92 Å². The summed E-state index contributed by atoms with van der Waals surface area (Å²) in [6, 6.07) is 5.26. The normalized spacial score (nSPS) is 24.8. The quantitative estimate of drug-likeness (QED) is 0.637. The lowest BCUT2D eigenvalue weighted by atomic mass is 9.74. The van der Waals surface area contributed by atoms with Crippen molar-refractivity contribution in [2.75, 3.05) is 0 Å². The summed E-state index contributed by atoms with van der Waals surface area (Å²) in [5, 5.41) is 18.6. The fourth-order valence-electron chi connectivity index (χ4n) is 3.28. The Morgan fingerprint density at radius 3 is 2.50 bits per heavy atom. The molecule has 1 fully saturated rings. The van der Waals surface area contributed by atoms with Crippen LogP contribution < -0.4 is 5.23 Å². The second-order valence-electron chi connectivity index (χ2n) is 6.26. The molecule has 0 heterocycles. The van der Waals surface area contributed by atoms with E-state index in [4.69, 9.17) is 9.94 Å². The number of benzene rings is 1. The van der Waals surface area contributed by atoms with Crippen molar-refractivity contribution in [1.29, 1.82) is 0 Å². The summed E-state index contributed by atoms with van der Waals surface area (Å²) in [5.41, 5.74) is 0.101. The number of allylic oxidation sites excluding steroid dienone is 2. The van der Waals surface area contributed by atoms with E-state index in [-0.39, 0.29) is 35.0 Å². The van der Waals surface area contributed by atoms with Gasteiger partial charge in [-0.2, -0.15) is 5.23 Å². The summed E-state index contributed by atoms with van der Waals surface area (Å²) in [6.45, 7) is 1.79. The first-order valence-corrected chi connectivity index (χ1v) is 7.68. The predicted molar refractivity (Wildman–Crippen MR) is 81.2 cm³/mol. The smallest absolute Gasteiger partial charge is 0.343 e. The highest BCUT2D eigenvalue weighted by Gasteiger charge is 2.48. The second kappa shape index (κ2) is 5.94. The van der Waals surface area contributed by atoms with Gasteiger partial charge in [-0.05, 0) is 37.5 Å². The Labute approximate surface area is 138 Å². The SMILES string of the molecule is CC12CCC(=O)C(OC(=O)c3ccc([NH+]([O-])O)cc3)=C1CCC2=O. The fraction of sp³-hybridized carbons (Fsp3) is 0.353. The molecule has 3 rings (SSSR count). The number of hydrogen-bond donors (Lipinski definition) is 2. The van der Waals surface area contributed by atoms with Crippen molar-refractivity contribution >= 4 is 23.2 Å². The van der Waals surface area contributed by atoms with Gasteiger partial charge in [-0.3, -0.25) is 9.59 Å². The van der Waals surface area contributed by atoms with E-state index in [0.717, 1.165) is 0 Å². The summed E-state index contributed by atoms with van der Waals surface area (Å²) >= 11 is 0. The number of esters is 1. The number of ether oxygens (including phenoxy) is 1. The average Bonchev–Trinajstić information content (AvgIpc) is 2.86. The standard InChI is InChI=1S/C17H17NO6/c1-17-9-8-13(19)15(12(17)6-7-14(17)20)24-16(21)10-2-4-11(5-3-10)18(22)23/h2-5,18,22H,6-9H2,1H3. The second-order valence-corrected chi connectivity index (χ2v) is 6.26. The molecular weight excluding hydrogens is 314 g/mol. The molecular formula is C17H17NO6. The first-order valence-electron chi connectivity index (χ1n) is 7.68. The number of quaternary nitrogens is 1. The van der Waals surface area contributed by atoms with E-state index in [1.807, 2.05) is 0 Å². The molecule has 7 heteroatoms. The zero-order chi connectivity index (χ0) is 17.5. The Balaban J connectivity index is 1.87. The first-order chi connectivity index (χ1) is 11.3. The molecule has 7 nitrogen and oxygen atoms in total. The van der Waals surface area contributed by atoms with Crippen LogP contribution in [0.4, 0.5) is 5.69 Å². The van der Waals surface area contributed by atoms with Gasteiger partial charge in [-0.25, -0.2) is 10.0 Å². The molecule has 2 N–H and O–H groups in total. The zero-order valence-electron chi connectivity index (χ0n) is 13.1. The van der Waals surface area contributed by atoms with Crippen molar-refractivity contribution in [3.63, 3.8) is 0 Å². The molecule has 1 aromatic rings. The lowest BCUT2D eigenvalue weighted by Crippen LogP contribution is -2.99. The molecule has 0 aromatic heterocycles. The molecule has 0 spiro atoms. The van der Waals surface area contributed by atoms with Crippen molar-refractivity contribution in [1.82, 2.24) is 0 Å². The number of fused-ring (bicyclic) bond motifs is 1. The average molecular weight is 331 g/mol. The lowest BCUT2D eigenvalue weighted by Gasteiger charge is -2.30. The van der Waals surface area contributed by atoms with Crippen molar-refractivity contribution < 1.29 is 29.6 Å². The number of Topliss-reactive ketones (excluding diaryl/α,β-unsaturated/α-hetero) is 2. The number of carbonyl (C=O) groups is 3. The van der Waals surface area contributed by atoms with Crippen LogP contribution >= 0.6 is 0 Å². The Morgan fingerprint density at radius 2 is 1.88 bits per heavy atom. The van der Waals surface area contributed by atoms with Crippen LogP contribution in [0, 0.1) is 10.6 Å². The molecule has 0 bridgehead atoms. The van der Waals surface area contributed by atoms with E-state index in [2.05, 4.69) is 0 Å². The molecule has 1 saturated carbocycles. The molecule has 1 aromatic carbocycles. The molecule has 2 unspecified atom stereocenters. The van der Waals surface area contributed by atoms with E-state index >= 15 is 0 Å². The van der Waals surface area contributed by atoms with E-state index in [0.29, 0.717) is 24.8 Å². The molecule has 0 saturated heterocycles. The van der Waals surface area contributed by atoms with Gasteiger partial charge in [0.05, 0.1) is 11.0 Å². The first kappa shape index (κ1) is 16.5. The maximum atomic E-state index is 12.3. The van der Waals surface area contributed by atoms with E-state index < -0.39 is 16.6 Å². The zero-order valence-corrected chi connectivity index (χ0v) is 13.1. The molecule has 2 aliphatic carbocycles. The third-order valence-corrected chi connectivity index (χ3v) is 4.83. The van der Waals surface area contributed by atoms with Gasteiger partial charge in [-0.1, -0.05) is 0 Å². The van der Waals surface area contributed by atoms with E-state index in [9.17, 15) is 19.6 Å². The van der Waals surface area contributed by atoms with Crippen LogP contribution in [0.15, 0.2) is 35.6 Å². The predicted octanol–water partition coefficient (Wildman–Crippen LogP) is 1.23. The third kappa shape index (κ3) is 2.66. The number of nitrogens with one attached hydrogen (secondary N) is 1. The van der Waals surface area contributed by atoms with Gasteiger partial charge in [-0.15, -0.1) is 0 Å². The van der Waals surface area contributed by atoms with Crippen LogP contribution in [0.3, 0.4) is 0 Å². The highest BCUT2D eigenvalue weighted by atomic mass is 16.8. The maximum absolute atomic E-state index is 12.3. The number of hydrogen-bond acceptors (Lipinski definition) is 6. The summed E-state index contributed by atoms with van der Waals surface area (Å²) in [5.74, 6) is -0.939. The minimum atomic E-state index is -1.09. The van der Waals surface area contributed by atoms with Gasteiger partial charge in [0.2, 0.25) is 0 Å². The minimum absolute atomic E-state index is 0.0121. The summed E-state index contributed by atoms with van der Waals surface area (Å²) in [6.07, 6.45) is 1.41. The van der Waals surface area contributed by atoms with Gasteiger partial charge >= 0.3 is 5.97 Å². The molecule has 0 aliphatic heterocycles. The van der Waals surface area contributed by atoms with Crippen LogP contribution in [-0.2, 0) is 14.3 Å². The number of rotatable bonds is 3. The summed E-state index contributed by atoms with van der Waals surface area (Å²) in [7, 11) is 0. The summed E-state index contributed by atoms with van der Waals surface area (Å²) in [4.78, 5) is 36.5. The van der Waals surface area contributed by atoms with Crippen molar-refractivity contribution in [2.45, 2.75) is 32.6 Å². The van der Waals surface area contributed by atoms with Gasteiger partial charge in [0, 0.05) is 25.0 Å². The van der Waals surface area contributed by atoms with Gasteiger partial charge in [0.1, 0.15) is 5.78 Å². The lowest BCUT2D eigenvalue weighted by molar-refractivity contribution is -0.991. The Morgan fingerprint density at radius 1 is 1.21 bits per heavy atom. The van der Waals surface area contributed by atoms with Crippen molar-refractivity contribution in [3.05, 3.63) is 46.4 Å². The monoisotopic (exact) mass is 331 g/mol. The van der Waals surface area contributed by atoms with Crippen LogP contribution in [0.5, 0.6) is 0 Å². The summed E-state index contributed by atoms with van der Waals surface area (Å²) < 4.78 is 5.31. The largest absolute Gasteiger partial charge is 0.595 e. The molecule has 2 aliphatic rings. The Kier molecular flexibility index (Phi) is 4.08. The van der Waals surface area contributed by atoms with Gasteiger partial charge in [0.15, 0.2) is 17.2 Å². The molecule has 2 atom stereocenters. The van der Waals surface area contributed by atoms with E-state index in [1.165, 1.54) is 24.3 Å². The highest BCUT2D eigenvalue weighted by molar-refractivity contribution is 6.04. The number of ketones is 2. The Hall–Kier alpha value is -2.35. The molecule has 126 valence electrons.